The quantitative estimate of drug-likeness (QED) is 0.774. The van der Waals surface area contributed by atoms with Gasteiger partial charge in [0.25, 0.3) is 0 Å². The SMILES string of the molecule is CC(C)CN(CCC(O)c1ccc2c(c1)CC(=O)N2)CC(C)C. The minimum absolute atomic E-state index is 0.0340. The van der Waals surface area contributed by atoms with Crippen molar-refractivity contribution < 1.29 is 9.90 Å². The fourth-order valence-corrected chi connectivity index (χ4v) is 3.22. The van der Waals surface area contributed by atoms with Gasteiger partial charge in [-0.1, -0.05) is 39.8 Å². The Morgan fingerprint density at radius 3 is 2.43 bits per heavy atom. The Labute approximate surface area is 139 Å². The summed E-state index contributed by atoms with van der Waals surface area (Å²) in [6, 6.07) is 5.79. The summed E-state index contributed by atoms with van der Waals surface area (Å²) in [5, 5.41) is 13.3. The minimum atomic E-state index is -0.474. The van der Waals surface area contributed by atoms with E-state index in [2.05, 4.69) is 37.9 Å². The van der Waals surface area contributed by atoms with Crippen LogP contribution in [0, 0.1) is 11.8 Å². The molecule has 1 heterocycles. The van der Waals surface area contributed by atoms with Gasteiger partial charge >= 0.3 is 0 Å². The molecule has 1 aromatic rings. The lowest BCUT2D eigenvalue weighted by Gasteiger charge is -2.27. The first-order valence-corrected chi connectivity index (χ1v) is 8.68. The van der Waals surface area contributed by atoms with E-state index in [1.165, 1.54) is 0 Å². The van der Waals surface area contributed by atoms with Gasteiger partial charge in [-0.2, -0.15) is 0 Å². The van der Waals surface area contributed by atoms with Crippen molar-refractivity contribution in [1.82, 2.24) is 4.90 Å². The fraction of sp³-hybridized carbons (Fsp3) is 0.632. The zero-order valence-corrected chi connectivity index (χ0v) is 14.8. The Morgan fingerprint density at radius 2 is 1.83 bits per heavy atom. The van der Waals surface area contributed by atoms with Crippen LogP contribution in [0.5, 0.6) is 0 Å². The van der Waals surface area contributed by atoms with Gasteiger partial charge in [0.05, 0.1) is 12.5 Å². The van der Waals surface area contributed by atoms with E-state index in [0.29, 0.717) is 18.3 Å². The average Bonchev–Trinajstić information content (AvgIpc) is 2.82. The summed E-state index contributed by atoms with van der Waals surface area (Å²) in [4.78, 5) is 13.9. The van der Waals surface area contributed by atoms with Crippen LogP contribution < -0.4 is 5.32 Å². The van der Waals surface area contributed by atoms with Crippen LogP contribution in [-0.2, 0) is 11.2 Å². The molecule has 23 heavy (non-hydrogen) atoms. The highest BCUT2D eigenvalue weighted by atomic mass is 16.3. The Balaban J connectivity index is 1.94. The maximum Gasteiger partial charge on any atom is 0.228 e. The number of benzene rings is 1. The molecule has 4 nitrogen and oxygen atoms in total. The number of carbonyl (C=O) groups is 1. The Hall–Kier alpha value is -1.39. The van der Waals surface area contributed by atoms with Gasteiger partial charge in [0.1, 0.15) is 0 Å². The van der Waals surface area contributed by atoms with Gasteiger partial charge in [-0.25, -0.2) is 0 Å². The van der Waals surface area contributed by atoms with Crippen LogP contribution in [0.2, 0.25) is 0 Å². The van der Waals surface area contributed by atoms with Gasteiger partial charge in [0, 0.05) is 25.3 Å². The largest absolute Gasteiger partial charge is 0.388 e. The van der Waals surface area contributed by atoms with E-state index < -0.39 is 6.10 Å². The molecule has 128 valence electrons. The Bertz CT molecular complexity index is 530. The van der Waals surface area contributed by atoms with Crippen LogP contribution in [0.3, 0.4) is 0 Å². The molecule has 0 aliphatic carbocycles. The molecule has 0 fully saturated rings. The van der Waals surface area contributed by atoms with Crippen molar-refractivity contribution in [2.75, 3.05) is 25.0 Å². The highest BCUT2D eigenvalue weighted by Crippen LogP contribution is 2.27. The number of hydrogen-bond acceptors (Lipinski definition) is 3. The van der Waals surface area contributed by atoms with E-state index in [-0.39, 0.29) is 5.91 Å². The predicted octanol–water partition coefficient (Wildman–Crippen LogP) is 3.22. The average molecular weight is 318 g/mol. The van der Waals surface area contributed by atoms with Crippen LogP contribution in [0.15, 0.2) is 18.2 Å². The highest BCUT2D eigenvalue weighted by molar-refractivity contribution is 5.99. The number of anilines is 1. The smallest absolute Gasteiger partial charge is 0.228 e. The fourth-order valence-electron chi connectivity index (χ4n) is 3.22. The van der Waals surface area contributed by atoms with E-state index in [1.807, 2.05) is 18.2 Å². The molecule has 0 saturated carbocycles. The van der Waals surface area contributed by atoms with Crippen molar-refractivity contribution in [1.29, 1.82) is 0 Å². The molecule has 0 aromatic heterocycles. The number of nitrogens with one attached hydrogen (secondary N) is 1. The topological polar surface area (TPSA) is 52.6 Å². The van der Waals surface area contributed by atoms with Crippen molar-refractivity contribution in [2.24, 2.45) is 11.8 Å². The van der Waals surface area contributed by atoms with Gasteiger partial charge in [0.2, 0.25) is 5.91 Å². The van der Waals surface area contributed by atoms with E-state index in [4.69, 9.17) is 0 Å². The molecule has 1 amide bonds. The molecule has 1 aliphatic rings. The molecular weight excluding hydrogens is 288 g/mol. The third-order valence-corrected chi connectivity index (χ3v) is 4.10. The van der Waals surface area contributed by atoms with Crippen molar-refractivity contribution in [2.45, 2.75) is 46.6 Å². The highest BCUT2D eigenvalue weighted by Gasteiger charge is 2.20. The second kappa shape index (κ2) is 7.93. The number of rotatable bonds is 8. The summed E-state index contributed by atoms with van der Waals surface area (Å²) in [6.45, 7) is 11.9. The second-order valence-electron chi connectivity index (χ2n) is 7.49. The number of nitrogens with zero attached hydrogens (tertiary/aromatic N) is 1. The number of fused-ring (bicyclic) bond motifs is 1. The summed E-state index contributed by atoms with van der Waals surface area (Å²) in [5.41, 5.74) is 2.79. The van der Waals surface area contributed by atoms with Crippen molar-refractivity contribution in [3.8, 4) is 0 Å². The molecule has 1 aromatic carbocycles. The first-order chi connectivity index (χ1) is 10.8. The zero-order chi connectivity index (χ0) is 17.0. The monoisotopic (exact) mass is 318 g/mol. The molecule has 0 bridgehead atoms. The zero-order valence-electron chi connectivity index (χ0n) is 14.8. The van der Waals surface area contributed by atoms with Gasteiger partial charge in [-0.3, -0.25) is 4.79 Å². The van der Waals surface area contributed by atoms with Crippen LogP contribution in [-0.4, -0.2) is 35.5 Å². The van der Waals surface area contributed by atoms with E-state index in [9.17, 15) is 9.90 Å². The standard InChI is InChI=1S/C19H30N2O2/c1-13(2)11-21(12-14(3)4)8-7-18(22)15-5-6-17-16(9-15)10-19(23)20-17/h5-6,9,13-14,18,22H,7-8,10-12H2,1-4H3,(H,20,23). The van der Waals surface area contributed by atoms with Crippen LogP contribution in [0.25, 0.3) is 0 Å². The third-order valence-electron chi connectivity index (χ3n) is 4.10. The van der Waals surface area contributed by atoms with Gasteiger partial charge < -0.3 is 15.3 Å². The molecular formula is C19H30N2O2. The summed E-state index contributed by atoms with van der Waals surface area (Å²) in [6.07, 6.45) is 0.667. The normalized spacial score (nSPS) is 15.4. The predicted molar refractivity (Wildman–Crippen MR) is 94.5 cm³/mol. The van der Waals surface area contributed by atoms with Crippen molar-refractivity contribution in [3.05, 3.63) is 29.3 Å². The van der Waals surface area contributed by atoms with Gasteiger partial charge in [-0.15, -0.1) is 0 Å². The minimum Gasteiger partial charge on any atom is -0.388 e. The molecule has 0 radical (unpaired) electrons. The molecule has 4 heteroatoms. The van der Waals surface area contributed by atoms with Crippen molar-refractivity contribution in [3.63, 3.8) is 0 Å². The maximum absolute atomic E-state index is 11.4. The number of aliphatic hydroxyl groups is 1. The first-order valence-electron chi connectivity index (χ1n) is 8.68. The molecule has 2 N–H and O–H groups in total. The number of amides is 1. The molecule has 2 rings (SSSR count). The molecule has 1 unspecified atom stereocenters. The lowest BCUT2D eigenvalue weighted by atomic mass is 10.0. The molecule has 1 aliphatic heterocycles. The summed E-state index contributed by atoms with van der Waals surface area (Å²) >= 11 is 0. The summed E-state index contributed by atoms with van der Waals surface area (Å²) in [5.74, 6) is 1.29. The molecule has 0 spiro atoms. The van der Waals surface area contributed by atoms with Gasteiger partial charge in [-0.05, 0) is 35.4 Å². The maximum atomic E-state index is 11.4. The third kappa shape index (κ3) is 5.33. The number of hydrogen-bond donors (Lipinski definition) is 2. The summed E-state index contributed by atoms with van der Waals surface area (Å²) < 4.78 is 0. The van der Waals surface area contributed by atoms with Crippen LogP contribution in [0.1, 0.15) is 51.3 Å². The Kier molecular flexibility index (Phi) is 6.19. The number of carbonyl (C=O) groups excluding carboxylic acids is 1. The number of aliphatic hydroxyl groups excluding tert-OH is 1. The second-order valence-corrected chi connectivity index (χ2v) is 7.49. The first kappa shape index (κ1) is 18.0. The lowest BCUT2D eigenvalue weighted by molar-refractivity contribution is -0.115. The van der Waals surface area contributed by atoms with E-state index in [1.54, 1.807) is 0 Å². The van der Waals surface area contributed by atoms with Crippen LogP contribution >= 0.6 is 0 Å². The van der Waals surface area contributed by atoms with Crippen LogP contribution in [0.4, 0.5) is 5.69 Å². The van der Waals surface area contributed by atoms with E-state index >= 15 is 0 Å². The van der Waals surface area contributed by atoms with Gasteiger partial charge in [0.15, 0.2) is 0 Å². The Morgan fingerprint density at radius 1 is 1.17 bits per heavy atom. The molecule has 0 saturated heterocycles. The lowest BCUT2D eigenvalue weighted by Crippen LogP contribution is -2.33. The van der Waals surface area contributed by atoms with E-state index in [0.717, 1.165) is 42.9 Å². The summed E-state index contributed by atoms with van der Waals surface area (Å²) in [7, 11) is 0. The molecule has 1 atom stereocenters. The van der Waals surface area contributed by atoms with Crippen molar-refractivity contribution >= 4 is 11.6 Å².